The minimum absolute atomic E-state index is 0.0114. The maximum Gasteiger partial charge on any atom is 0.310 e. The van der Waals surface area contributed by atoms with Crippen molar-refractivity contribution in [2.24, 2.45) is 23.7 Å². The molecule has 0 aromatic heterocycles. The number of benzene rings is 1. The highest BCUT2D eigenvalue weighted by atomic mass is 79.9. The van der Waals surface area contributed by atoms with Crippen molar-refractivity contribution in [1.29, 1.82) is 0 Å². The first kappa shape index (κ1) is 18.1. The zero-order valence-electron chi connectivity index (χ0n) is 13.3. The fourth-order valence-corrected chi connectivity index (χ4v) is 5.80. The molecule has 2 bridgehead atoms. The Morgan fingerprint density at radius 2 is 2.08 bits per heavy atom. The van der Waals surface area contributed by atoms with Crippen LogP contribution in [0.3, 0.4) is 0 Å². The molecule has 1 aromatic rings. The van der Waals surface area contributed by atoms with Gasteiger partial charge in [0, 0.05) is 10.9 Å². The number of nitrogens with one attached hydrogen (secondary N) is 1. The lowest BCUT2D eigenvalue weighted by molar-refractivity contribution is -0.157. The van der Waals surface area contributed by atoms with Crippen molar-refractivity contribution in [3.05, 3.63) is 28.2 Å². The summed E-state index contributed by atoms with van der Waals surface area (Å²) >= 11 is 15.3. The van der Waals surface area contributed by atoms with Gasteiger partial charge in [-0.25, -0.2) is 0 Å². The molecule has 1 amide bonds. The van der Waals surface area contributed by atoms with Crippen molar-refractivity contribution in [3.8, 4) is 0 Å². The Labute approximate surface area is 167 Å². The zero-order valence-corrected chi connectivity index (χ0v) is 16.4. The predicted molar refractivity (Wildman–Crippen MR) is 97.2 cm³/mol. The van der Waals surface area contributed by atoms with Crippen LogP contribution in [0.25, 0.3) is 0 Å². The van der Waals surface area contributed by atoms with Crippen LogP contribution in [0.4, 0.5) is 5.69 Å². The average molecular weight is 463 g/mol. The fourth-order valence-electron chi connectivity index (χ4n) is 4.30. The van der Waals surface area contributed by atoms with E-state index in [0.29, 0.717) is 10.7 Å². The Bertz CT molecular complexity index is 803. The number of carbonyl (C=O) groups is 3. The highest BCUT2D eigenvalue weighted by Gasteiger charge is 2.68. The number of anilines is 1. The van der Waals surface area contributed by atoms with Gasteiger partial charge in [0.1, 0.15) is 6.10 Å². The van der Waals surface area contributed by atoms with Crippen molar-refractivity contribution in [2.75, 3.05) is 11.9 Å². The van der Waals surface area contributed by atoms with Crippen LogP contribution in [-0.4, -0.2) is 35.4 Å². The number of amides is 1. The molecule has 2 aliphatic carbocycles. The number of hydrogen-bond acceptors (Lipinski definition) is 5. The molecular weight excluding hydrogens is 449 g/mol. The predicted octanol–water partition coefficient (Wildman–Crippen LogP) is 3.05. The van der Waals surface area contributed by atoms with Crippen LogP contribution in [0.5, 0.6) is 0 Å². The SMILES string of the molecule is O=C(COC(=O)[C@@H]1[C@H]2C[C@H]3[C@H](OC(=O)[C@H]31)[C@H]2Br)Nc1ccc(Cl)cc1Cl. The number of carbonyl (C=O) groups excluding carboxylic acids is 3. The van der Waals surface area contributed by atoms with Gasteiger partial charge < -0.3 is 14.8 Å². The third-order valence-electron chi connectivity index (χ3n) is 5.35. The minimum atomic E-state index is -0.567. The maximum absolute atomic E-state index is 12.5. The second-order valence-electron chi connectivity index (χ2n) is 6.74. The summed E-state index contributed by atoms with van der Waals surface area (Å²) in [5.41, 5.74) is 0.375. The molecule has 9 heteroatoms. The van der Waals surface area contributed by atoms with E-state index in [1.54, 1.807) is 12.1 Å². The summed E-state index contributed by atoms with van der Waals surface area (Å²) in [5, 5.41) is 3.29. The second-order valence-corrected chi connectivity index (χ2v) is 8.64. The average Bonchev–Trinajstić information content (AvgIpc) is 3.19. The lowest BCUT2D eigenvalue weighted by Crippen LogP contribution is -2.39. The molecule has 1 saturated heterocycles. The number of esters is 2. The van der Waals surface area contributed by atoms with E-state index in [9.17, 15) is 14.4 Å². The van der Waals surface area contributed by atoms with Crippen LogP contribution in [0.15, 0.2) is 18.2 Å². The van der Waals surface area contributed by atoms with Gasteiger partial charge >= 0.3 is 11.9 Å². The maximum atomic E-state index is 12.5. The Morgan fingerprint density at radius 1 is 1.31 bits per heavy atom. The summed E-state index contributed by atoms with van der Waals surface area (Å²) in [6.07, 6.45) is 0.598. The number of alkyl halides is 1. The van der Waals surface area contributed by atoms with Crippen LogP contribution in [0.2, 0.25) is 10.0 Å². The minimum Gasteiger partial charge on any atom is -0.461 e. The molecule has 0 radical (unpaired) electrons. The quantitative estimate of drug-likeness (QED) is 0.549. The highest BCUT2D eigenvalue weighted by Crippen LogP contribution is 2.60. The first-order chi connectivity index (χ1) is 12.4. The molecule has 1 aliphatic heterocycles. The van der Waals surface area contributed by atoms with Crippen LogP contribution >= 0.6 is 39.1 Å². The monoisotopic (exact) mass is 461 g/mol. The summed E-state index contributed by atoms with van der Waals surface area (Å²) in [6, 6.07) is 4.64. The number of rotatable bonds is 4. The normalized spacial score (nSPS) is 33.9. The van der Waals surface area contributed by atoms with Crippen molar-refractivity contribution in [2.45, 2.75) is 17.4 Å². The smallest absolute Gasteiger partial charge is 0.310 e. The second kappa shape index (κ2) is 6.69. The summed E-state index contributed by atoms with van der Waals surface area (Å²) in [6.45, 7) is -0.455. The molecule has 2 saturated carbocycles. The first-order valence-corrected chi connectivity index (χ1v) is 9.80. The molecule has 1 aromatic carbocycles. The van der Waals surface area contributed by atoms with E-state index in [2.05, 4.69) is 21.2 Å². The van der Waals surface area contributed by atoms with Gasteiger partial charge in [0.25, 0.3) is 5.91 Å². The van der Waals surface area contributed by atoms with Gasteiger partial charge in [0.15, 0.2) is 6.61 Å². The Hall–Kier alpha value is -1.31. The fraction of sp³-hybridized carbons (Fsp3) is 0.471. The number of fused-ring (bicyclic) bond motifs is 1. The van der Waals surface area contributed by atoms with Crippen LogP contribution in [0.1, 0.15) is 6.42 Å². The lowest BCUT2D eigenvalue weighted by Gasteiger charge is -2.26. The van der Waals surface area contributed by atoms with Gasteiger partial charge in [-0.05, 0) is 30.5 Å². The number of hydrogen-bond donors (Lipinski definition) is 1. The molecule has 26 heavy (non-hydrogen) atoms. The molecule has 1 N–H and O–H groups in total. The van der Waals surface area contributed by atoms with Crippen LogP contribution in [0, 0.1) is 23.7 Å². The van der Waals surface area contributed by atoms with Crippen molar-refractivity contribution in [3.63, 3.8) is 0 Å². The largest absolute Gasteiger partial charge is 0.461 e. The Morgan fingerprint density at radius 3 is 2.81 bits per heavy atom. The molecule has 4 rings (SSSR count). The van der Waals surface area contributed by atoms with E-state index >= 15 is 0 Å². The van der Waals surface area contributed by atoms with Gasteiger partial charge in [-0.1, -0.05) is 39.1 Å². The van der Waals surface area contributed by atoms with E-state index in [0.717, 1.165) is 6.42 Å². The topological polar surface area (TPSA) is 81.7 Å². The molecule has 138 valence electrons. The molecule has 6 nitrogen and oxygen atoms in total. The number of halogens is 3. The summed E-state index contributed by atoms with van der Waals surface area (Å²) < 4.78 is 10.5. The lowest BCUT2D eigenvalue weighted by atomic mass is 9.80. The third-order valence-corrected chi connectivity index (χ3v) is 7.09. The van der Waals surface area contributed by atoms with E-state index in [-0.39, 0.29) is 33.8 Å². The summed E-state index contributed by atoms with van der Waals surface area (Å²) in [7, 11) is 0. The van der Waals surface area contributed by atoms with Crippen molar-refractivity contribution >= 4 is 62.7 Å². The molecule has 0 unspecified atom stereocenters. The van der Waals surface area contributed by atoms with Gasteiger partial charge in [0.05, 0.1) is 27.4 Å². The standard InChI is InChI=1S/C17H14BrCl2NO5/c18-14-7-4-8-13(17(24)26-15(8)14)12(7)16(23)25-5-11(22)21-10-2-1-6(19)3-9(10)20/h1-3,7-8,12-15H,4-5H2,(H,21,22)/t7-,8-,12-,13-,14+,15+/m1/s1. The summed E-state index contributed by atoms with van der Waals surface area (Å²) in [5.74, 6) is -2.39. The van der Waals surface area contributed by atoms with Gasteiger partial charge in [-0.2, -0.15) is 0 Å². The molecule has 3 fully saturated rings. The van der Waals surface area contributed by atoms with Gasteiger partial charge in [0.2, 0.25) is 0 Å². The van der Waals surface area contributed by atoms with E-state index in [4.69, 9.17) is 32.7 Å². The van der Waals surface area contributed by atoms with Crippen LogP contribution < -0.4 is 5.32 Å². The van der Waals surface area contributed by atoms with E-state index in [1.165, 1.54) is 6.07 Å². The molecule has 6 atom stereocenters. The van der Waals surface area contributed by atoms with Crippen molar-refractivity contribution in [1.82, 2.24) is 0 Å². The molecule has 1 heterocycles. The molecular formula is C17H14BrCl2NO5. The number of ether oxygens (including phenoxy) is 2. The Kier molecular flexibility index (Phi) is 4.65. The molecule has 3 aliphatic rings. The highest BCUT2D eigenvalue weighted by molar-refractivity contribution is 9.09. The molecule has 0 spiro atoms. The van der Waals surface area contributed by atoms with E-state index < -0.39 is 30.3 Å². The van der Waals surface area contributed by atoms with E-state index in [1.807, 2.05) is 0 Å². The third kappa shape index (κ3) is 2.90. The van der Waals surface area contributed by atoms with Crippen molar-refractivity contribution < 1.29 is 23.9 Å². The van der Waals surface area contributed by atoms with Gasteiger partial charge in [-0.15, -0.1) is 0 Å². The Balaban J connectivity index is 1.37. The first-order valence-electron chi connectivity index (χ1n) is 8.13. The van der Waals surface area contributed by atoms with Gasteiger partial charge in [-0.3, -0.25) is 14.4 Å². The summed E-state index contributed by atoms with van der Waals surface area (Å²) in [4.78, 5) is 36.5. The van der Waals surface area contributed by atoms with Crippen LogP contribution in [-0.2, 0) is 23.9 Å². The zero-order chi connectivity index (χ0) is 18.6.